The lowest BCUT2D eigenvalue weighted by atomic mass is 9.64. The molecular formula is C13H22N4OS. The Labute approximate surface area is 118 Å². The highest BCUT2D eigenvalue weighted by Crippen LogP contribution is 2.46. The van der Waals surface area contributed by atoms with Gasteiger partial charge in [0.1, 0.15) is 0 Å². The van der Waals surface area contributed by atoms with Crippen molar-refractivity contribution in [3.63, 3.8) is 0 Å². The van der Waals surface area contributed by atoms with E-state index in [-0.39, 0.29) is 11.3 Å². The second kappa shape index (κ2) is 5.45. The van der Waals surface area contributed by atoms with Gasteiger partial charge in [0.05, 0.1) is 6.54 Å². The standard InChI is InChI=1S/C13H22N4OS/c1-9(2)7-13(5-4-6-13)11(18)14-8-10-15-16-12(19)17(10)3/h9H,4-8H2,1-3H3,(H,14,18)(H,16,19). The average Bonchev–Trinajstić information content (AvgIpc) is 2.61. The van der Waals surface area contributed by atoms with Crippen LogP contribution in [-0.2, 0) is 18.4 Å². The fourth-order valence-electron chi connectivity index (χ4n) is 2.79. The molecule has 19 heavy (non-hydrogen) atoms. The molecule has 0 unspecified atom stereocenters. The normalized spacial score (nSPS) is 17.3. The van der Waals surface area contributed by atoms with Gasteiger partial charge in [0, 0.05) is 12.5 Å². The number of hydrogen-bond donors (Lipinski definition) is 2. The Morgan fingerprint density at radius 1 is 1.58 bits per heavy atom. The number of hydrogen-bond acceptors (Lipinski definition) is 3. The van der Waals surface area contributed by atoms with Gasteiger partial charge < -0.3 is 9.88 Å². The third-order valence-electron chi connectivity index (χ3n) is 3.97. The minimum atomic E-state index is -0.139. The van der Waals surface area contributed by atoms with E-state index < -0.39 is 0 Å². The monoisotopic (exact) mass is 282 g/mol. The molecule has 106 valence electrons. The molecule has 6 heteroatoms. The van der Waals surface area contributed by atoms with Crippen molar-refractivity contribution in [2.45, 2.75) is 46.1 Å². The molecule has 1 heterocycles. The van der Waals surface area contributed by atoms with Crippen LogP contribution in [0.2, 0.25) is 0 Å². The number of carbonyl (C=O) groups excluding carboxylic acids is 1. The van der Waals surface area contributed by atoms with E-state index in [4.69, 9.17) is 12.2 Å². The quantitative estimate of drug-likeness (QED) is 0.815. The van der Waals surface area contributed by atoms with Gasteiger partial charge in [0.25, 0.3) is 0 Å². The summed E-state index contributed by atoms with van der Waals surface area (Å²) in [4.78, 5) is 12.4. The highest BCUT2D eigenvalue weighted by molar-refractivity contribution is 7.71. The molecule has 1 aromatic heterocycles. The summed E-state index contributed by atoms with van der Waals surface area (Å²) in [5, 5.41) is 9.84. The number of carbonyl (C=O) groups is 1. The molecule has 0 bridgehead atoms. The van der Waals surface area contributed by atoms with E-state index in [1.54, 1.807) is 4.57 Å². The smallest absolute Gasteiger partial charge is 0.226 e. The summed E-state index contributed by atoms with van der Waals surface area (Å²) in [6.45, 7) is 4.78. The van der Waals surface area contributed by atoms with E-state index in [0.717, 1.165) is 31.5 Å². The Bertz CT molecular complexity index is 513. The first kappa shape index (κ1) is 14.2. The topological polar surface area (TPSA) is 62.7 Å². The zero-order valence-electron chi connectivity index (χ0n) is 11.8. The fourth-order valence-corrected chi connectivity index (χ4v) is 2.94. The maximum atomic E-state index is 12.4. The van der Waals surface area contributed by atoms with Crippen LogP contribution in [-0.4, -0.2) is 20.7 Å². The van der Waals surface area contributed by atoms with Crippen molar-refractivity contribution in [1.82, 2.24) is 20.1 Å². The lowest BCUT2D eigenvalue weighted by Crippen LogP contribution is -2.46. The van der Waals surface area contributed by atoms with E-state index in [0.29, 0.717) is 17.2 Å². The largest absolute Gasteiger partial charge is 0.348 e. The van der Waals surface area contributed by atoms with Crippen molar-refractivity contribution in [3.8, 4) is 0 Å². The first-order valence-electron chi connectivity index (χ1n) is 6.83. The minimum absolute atomic E-state index is 0.139. The van der Waals surface area contributed by atoms with Crippen LogP contribution in [0.4, 0.5) is 0 Å². The van der Waals surface area contributed by atoms with Crippen LogP contribution in [0, 0.1) is 16.1 Å². The molecule has 0 aliphatic heterocycles. The average molecular weight is 282 g/mol. The Kier molecular flexibility index (Phi) is 4.08. The SMILES string of the molecule is CC(C)CC1(C(=O)NCc2n[nH]c(=S)n2C)CCC1. The molecule has 0 atom stereocenters. The van der Waals surface area contributed by atoms with Gasteiger partial charge in [0.2, 0.25) is 5.91 Å². The molecule has 1 fully saturated rings. The summed E-state index contributed by atoms with van der Waals surface area (Å²) < 4.78 is 2.36. The van der Waals surface area contributed by atoms with Gasteiger partial charge in [0.15, 0.2) is 10.6 Å². The predicted molar refractivity (Wildman–Crippen MR) is 76.0 cm³/mol. The molecule has 1 amide bonds. The molecule has 5 nitrogen and oxygen atoms in total. The summed E-state index contributed by atoms with van der Waals surface area (Å²) in [5.41, 5.74) is -0.139. The van der Waals surface area contributed by atoms with Crippen molar-refractivity contribution >= 4 is 18.1 Å². The van der Waals surface area contributed by atoms with Crippen LogP contribution in [0.5, 0.6) is 0 Å². The Morgan fingerprint density at radius 3 is 2.68 bits per heavy atom. The first-order valence-corrected chi connectivity index (χ1v) is 7.24. The van der Waals surface area contributed by atoms with Gasteiger partial charge in [-0.1, -0.05) is 20.3 Å². The van der Waals surface area contributed by atoms with Crippen LogP contribution in [0.3, 0.4) is 0 Å². The number of rotatable bonds is 5. The Hall–Kier alpha value is -1.17. The van der Waals surface area contributed by atoms with Gasteiger partial charge in [-0.05, 0) is 37.4 Å². The number of amides is 1. The van der Waals surface area contributed by atoms with E-state index in [1.165, 1.54) is 0 Å². The zero-order valence-corrected chi connectivity index (χ0v) is 12.6. The van der Waals surface area contributed by atoms with Gasteiger partial charge in [-0.15, -0.1) is 0 Å². The van der Waals surface area contributed by atoms with Crippen LogP contribution < -0.4 is 5.32 Å². The maximum absolute atomic E-state index is 12.4. The number of aromatic nitrogens is 3. The van der Waals surface area contributed by atoms with Crippen molar-refractivity contribution in [3.05, 3.63) is 10.6 Å². The molecule has 2 N–H and O–H groups in total. The van der Waals surface area contributed by atoms with E-state index in [9.17, 15) is 4.79 Å². The number of nitrogens with zero attached hydrogens (tertiary/aromatic N) is 2. The van der Waals surface area contributed by atoms with Crippen LogP contribution in [0.15, 0.2) is 0 Å². The van der Waals surface area contributed by atoms with Crippen molar-refractivity contribution in [2.75, 3.05) is 0 Å². The van der Waals surface area contributed by atoms with Crippen LogP contribution in [0.25, 0.3) is 0 Å². The van der Waals surface area contributed by atoms with E-state index in [1.807, 2.05) is 7.05 Å². The Morgan fingerprint density at radius 2 is 2.26 bits per heavy atom. The molecule has 2 rings (SSSR count). The van der Waals surface area contributed by atoms with Crippen molar-refractivity contribution < 1.29 is 4.79 Å². The molecule has 1 aromatic rings. The van der Waals surface area contributed by atoms with Crippen molar-refractivity contribution in [2.24, 2.45) is 18.4 Å². The van der Waals surface area contributed by atoms with E-state index >= 15 is 0 Å². The number of H-pyrrole nitrogens is 1. The van der Waals surface area contributed by atoms with Crippen LogP contribution in [0.1, 0.15) is 45.4 Å². The lowest BCUT2D eigenvalue weighted by molar-refractivity contribution is -0.137. The molecule has 1 saturated carbocycles. The summed E-state index contributed by atoms with van der Waals surface area (Å²) in [7, 11) is 1.85. The highest BCUT2D eigenvalue weighted by Gasteiger charge is 2.44. The van der Waals surface area contributed by atoms with Gasteiger partial charge in [-0.2, -0.15) is 5.10 Å². The van der Waals surface area contributed by atoms with Gasteiger partial charge in [-0.3, -0.25) is 9.89 Å². The third kappa shape index (κ3) is 2.88. The van der Waals surface area contributed by atoms with Crippen molar-refractivity contribution in [1.29, 1.82) is 0 Å². The molecule has 0 aromatic carbocycles. The summed E-state index contributed by atoms with van der Waals surface area (Å²) in [6, 6.07) is 0. The summed E-state index contributed by atoms with van der Waals surface area (Å²) in [5.74, 6) is 1.48. The van der Waals surface area contributed by atoms with Crippen LogP contribution >= 0.6 is 12.2 Å². The number of aromatic amines is 1. The van der Waals surface area contributed by atoms with Gasteiger partial charge in [-0.25, -0.2) is 0 Å². The van der Waals surface area contributed by atoms with E-state index in [2.05, 4.69) is 29.4 Å². The second-order valence-corrected chi connectivity index (χ2v) is 6.31. The molecule has 1 aliphatic carbocycles. The van der Waals surface area contributed by atoms with Gasteiger partial charge >= 0.3 is 0 Å². The third-order valence-corrected chi connectivity index (χ3v) is 4.34. The maximum Gasteiger partial charge on any atom is 0.226 e. The number of nitrogens with one attached hydrogen (secondary N) is 2. The highest BCUT2D eigenvalue weighted by atomic mass is 32.1. The summed E-state index contributed by atoms with van der Waals surface area (Å²) in [6.07, 6.45) is 4.15. The molecule has 0 radical (unpaired) electrons. The molecule has 0 saturated heterocycles. The lowest BCUT2D eigenvalue weighted by Gasteiger charge is -2.41. The molecular weight excluding hydrogens is 260 g/mol. The fraction of sp³-hybridized carbons (Fsp3) is 0.769. The zero-order chi connectivity index (χ0) is 14.0. The second-order valence-electron chi connectivity index (χ2n) is 5.92. The first-order chi connectivity index (χ1) is 8.94. The molecule has 0 spiro atoms. The molecule has 1 aliphatic rings. The minimum Gasteiger partial charge on any atom is -0.348 e. The Balaban J connectivity index is 1.97. The summed E-state index contributed by atoms with van der Waals surface area (Å²) >= 11 is 5.05. The predicted octanol–water partition coefficient (Wildman–Crippen LogP) is 2.31.